The monoisotopic (exact) mass is 336 g/mol. The summed E-state index contributed by atoms with van der Waals surface area (Å²) in [5, 5.41) is 0. The molecule has 1 aromatic carbocycles. The van der Waals surface area contributed by atoms with E-state index in [1.54, 1.807) is 19.1 Å². The number of carbonyl (C=O) groups is 2. The number of nitrogens with two attached hydrogens (primary N) is 1. The number of benzene rings is 1. The van der Waals surface area contributed by atoms with Crippen molar-refractivity contribution < 1.29 is 19.1 Å². The second-order valence-electron chi connectivity index (χ2n) is 5.47. The summed E-state index contributed by atoms with van der Waals surface area (Å²) in [5.74, 6) is 6.19. The highest BCUT2D eigenvalue weighted by Gasteiger charge is 2.23. The van der Waals surface area contributed by atoms with E-state index in [0.29, 0.717) is 26.2 Å². The van der Waals surface area contributed by atoms with Crippen molar-refractivity contribution in [2.45, 2.75) is 12.8 Å². The highest BCUT2D eigenvalue weighted by Crippen LogP contribution is 2.32. The first kappa shape index (κ1) is 17.9. The van der Waals surface area contributed by atoms with Crippen LogP contribution in [0.4, 0.5) is 5.69 Å². The number of hydrogen-bond donors (Lipinski definition) is 2. The summed E-state index contributed by atoms with van der Waals surface area (Å²) >= 11 is 0. The molecule has 2 amide bonds. The van der Waals surface area contributed by atoms with Gasteiger partial charge >= 0.3 is 0 Å². The third kappa shape index (κ3) is 4.29. The lowest BCUT2D eigenvalue weighted by Crippen LogP contribution is -2.49. The quantitative estimate of drug-likeness (QED) is 0.435. The van der Waals surface area contributed by atoms with Crippen LogP contribution in [0.15, 0.2) is 18.2 Å². The normalized spacial score (nSPS) is 14.3. The summed E-state index contributed by atoms with van der Waals surface area (Å²) in [6.45, 7) is 2.59. The fourth-order valence-corrected chi connectivity index (χ4v) is 2.69. The number of piperazine rings is 1. The molecule has 24 heavy (non-hydrogen) atoms. The maximum absolute atomic E-state index is 12.1. The predicted octanol–water partition coefficient (Wildman–Crippen LogP) is 0.123. The van der Waals surface area contributed by atoms with Gasteiger partial charge in [0.25, 0.3) is 0 Å². The number of hydrogen-bond acceptors (Lipinski definition) is 6. The molecule has 1 fully saturated rings. The van der Waals surface area contributed by atoms with Gasteiger partial charge in [-0.25, -0.2) is 5.84 Å². The molecule has 8 nitrogen and oxygen atoms in total. The molecule has 132 valence electrons. The van der Waals surface area contributed by atoms with Crippen LogP contribution in [0.1, 0.15) is 12.8 Å². The van der Waals surface area contributed by atoms with Crippen molar-refractivity contribution in [1.82, 2.24) is 10.3 Å². The summed E-state index contributed by atoms with van der Waals surface area (Å²) in [7, 11) is 3.26. The summed E-state index contributed by atoms with van der Waals surface area (Å²) < 4.78 is 10.7. The second-order valence-corrected chi connectivity index (χ2v) is 5.47. The van der Waals surface area contributed by atoms with Crippen LogP contribution in [0, 0.1) is 0 Å². The van der Waals surface area contributed by atoms with E-state index in [4.69, 9.17) is 15.3 Å². The molecular formula is C16H24N4O4. The molecule has 1 aliphatic rings. The van der Waals surface area contributed by atoms with Crippen LogP contribution in [-0.4, -0.2) is 57.1 Å². The Balaban J connectivity index is 1.95. The van der Waals surface area contributed by atoms with Crippen molar-refractivity contribution in [1.29, 1.82) is 0 Å². The molecule has 1 aromatic rings. The number of anilines is 1. The predicted molar refractivity (Wildman–Crippen MR) is 89.9 cm³/mol. The minimum Gasteiger partial charge on any atom is -0.497 e. The lowest BCUT2D eigenvalue weighted by atomic mass is 10.2. The van der Waals surface area contributed by atoms with Gasteiger partial charge in [-0.15, -0.1) is 0 Å². The summed E-state index contributed by atoms with van der Waals surface area (Å²) in [6.07, 6.45) is 0.283. The molecule has 0 radical (unpaired) electrons. The van der Waals surface area contributed by atoms with E-state index < -0.39 is 0 Å². The van der Waals surface area contributed by atoms with Crippen molar-refractivity contribution in [3.63, 3.8) is 0 Å². The molecule has 0 atom stereocenters. The first-order valence-electron chi connectivity index (χ1n) is 7.83. The van der Waals surface area contributed by atoms with Crippen molar-refractivity contribution >= 4 is 17.5 Å². The molecule has 2 rings (SSSR count). The van der Waals surface area contributed by atoms with E-state index in [0.717, 1.165) is 17.2 Å². The molecule has 0 aliphatic carbocycles. The van der Waals surface area contributed by atoms with Gasteiger partial charge in [0.2, 0.25) is 11.8 Å². The Morgan fingerprint density at radius 3 is 2.42 bits per heavy atom. The molecule has 0 spiro atoms. The largest absolute Gasteiger partial charge is 0.497 e. The lowest BCUT2D eigenvalue weighted by molar-refractivity contribution is -0.133. The van der Waals surface area contributed by atoms with E-state index in [1.165, 1.54) is 0 Å². The van der Waals surface area contributed by atoms with Crippen LogP contribution >= 0.6 is 0 Å². The Labute approximate surface area is 141 Å². The first-order chi connectivity index (χ1) is 11.6. The number of ether oxygens (including phenoxy) is 2. The smallest absolute Gasteiger partial charge is 0.234 e. The number of methoxy groups -OCH3 is 2. The number of amides is 2. The summed E-state index contributed by atoms with van der Waals surface area (Å²) in [6, 6.07) is 5.66. The molecule has 1 aliphatic heterocycles. The standard InChI is InChI=1S/C16H24N4O4/c1-23-12-3-4-14(24-2)13(11-12)19-7-9-20(10-8-19)16(22)6-5-15(21)18-17/h3-4,11H,5-10,17H2,1-2H3,(H,18,21). The van der Waals surface area contributed by atoms with Crippen LogP contribution in [0.3, 0.4) is 0 Å². The molecule has 0 unspecified atom stereocenters. The maximum Gasteiger partial charge on any atom is 0.234 e. The fraction of sp³-hybridized carbons (Fsp3) is 0.500. The van der Waals surface area contributed by atoms with Crippen molar-refractivity contribution in [3.8, 4) is 11.5 Å². The van der Waals surface area contributed by atoms with E-state index in [-0.39, 0.29) is 24.7 Å². The topological polar surface area (TPSA) is 97.1 Å². The minimum absolute atomic E-state index is 0.0316. The minimum atomic E-state index is -0.330. The summed E-state index contributed by atoms with van der Waals surface area (Å²) in [5.41, 5.74) is 2.98. The maximum atomic E-state index is 12.1. The molecule has 0 saturated carbocycles. The van der Waals surface area contributed by atoms with Gasteiger partial charge < -0.3 is 19.3 Å². The fourth-order valence-electron chi connectivity index (χ4n) is 2.69. The van der Waals surface area contributed by atoms with Gasteiger partial charge in [0, 0.05) is 45.1 Å². The Morgan fingerprint density at radius 1 is 1.12 bits per heavy atom. The average Bonchev–Trinajstić information content (AvgIpc) is 2.65. The first-order valence-corrected chi connectivity index (χ1v) is 7.83. The third-order valence-electron chi connectivity index (χ3n) is 4.09. The molecule has 0 bridgehead atoms. The number of nitrogens with one attached hydrogen (secondary N) is 1. The second kappa shape index (κ2) is 8.39. The Bertz CT molecular complexity index is 585. The lowest BCUT2D eigenvalue weighted by Gasteiger charge is -2.36. The van der Waals surface area contributed by atoms with Gasteiger partial charge in [-0.3, -0.25) is 15.0 Å². The van der Waals surface area contributed by atoms with Gasteiger partial charge in [0.1, 0.15) is 11.5 Å². The third-order valence-corrected chi connectivity index (χ3v) is 4.09. The summed E-state index contributed by atoms with van der Waals surface area (Å²) in [4.78, 5) is 27.2. The number of hydrazine groups is 1. The SMILES string of the molecule is COc1ccc(OC)c(N2CCN(C(=O)CCC(=O)NN)CC2)c1. The number of rotatable bonds is 6. The Kier molecular flexibility index (Phi) is 6.25. The highest BCUT2D eigenvalue weighted by molar-refractivity contribution is 5.83. The van der Waals surface area contributed by atoms with Gasteiger partial charge in [0.05, 0.1) is 19.9 Å². The number of carbonyl (C=O) groups excluding carboxylic acids is 2. The number of nitrogens with zero attached hydrogens (tertiary/aromatic N) is 2. The van der Waals surface area contributed by atoms with Crippen molar-refractivity contribution in [2.75, 3.05) is 45.3 Å². The van der Waals surface area contributed by atoms with Crippen molar-refractivity contribution in [3.05, 3.63) is 18.2 Å². The van der Waals surface area contributed by atoms with Gasteiger partial charge in [-0.05, 0) is 12.1 Å². The van der Waals surface area contributed by atoms with Crippen LogP contribution in [0.25, 0.3) is 0 Å². The van der Waals surface area contributed by atoms with Gasteiger partial charge in [0.15, 0.2) is 0 Å². The molecule has 0 aromatic heterocycles. The highest BCUT2D eigenvalue weighted by atomic mass is 16.5. The van der Waals surface area contributed by atoms with E-state index >= 15 is 0 Å². The Morgan fingerprint density at radius 2 is 1.83 bits per heavy atom. The zero-order valence-corrected chi connectivity index (χ0v) is 14.1. The van der Waals surface area contributed by atoms with Crippen LogP contribution in [-0.2, 0) is 9.59 Å². The van der Waals surface area contributed by atoms with E-state index in [1.807, 2.05) is 23.6 Å². The van der Waals surface area contributed by atoms with Crippen LogP contribution < -0.4 is 25.6 Å². The Hall–Kier alpha value is -2.48. The van der Waals surface area contributed by atoms with Crippen LogP contribution in [0.5, 0.6) is 11.5 Å². The zero-order valence-electron chi connectivity index (χ0n) is 14.1. The molecular weight excluding hydrogens is 312 g/mol. The van der Waals surface area contributed by atoms with Gasteiger partial charge in [-0.2, -0.15) is 0 Å². The van der Waals surface area contributed by atoms with E-state index in [2.05, 4.69) is 4.90 Å². The zero-order chi connectivity index (χ0) is 17.5. The van der Waals surface area contributed by atoms with Gasteiger partial charge in [-0.1, -0.05) is 0 Å². The molecule has 8 heteroatoms. The molecule has 3 N–H and O–H groups in total. The van der Waals surface area contributed by atoms with Crippen molar-refractivity contribution in [2.24, 2.45) is 5.84 Å². The van der Waals surface area contributed by atoms with E-state index in [9.17, 15) is 9.59 Å². The van der Waals surface area contributed by atoms with Crippen LogP contribution in [0.2, 0.25) is 0 Å². The molecule has 1 saturated heterocycles. The molecule has 1 heterocycles. The average molecular weight is 336 g/mol.